The highest BCUT2D eigenvalue weighted by Crippen LogP contribution is 2.28. The van der Waals surface area contributed by atoms with Crippen LogP contribution in [0, 0.1) is 0 Å². The Hall–Kier alpha value is 1.37. The van der Waals surface area contributed by atoms with Crippen LogP contribution in [0.5, 0.6) is 0 Å². The van der Waals surface area contributed by atoms with Crippen LogP contribution < -0.4 is 0 Å². The van der Waals surface area contributed by atoms with Gasteiger partial charge in [0.15, 0.2) is 0 Å². The molecule has 6 heavy (non-hydrogen) atoms. The molecule has 0 aliphatic carbocycles. The van der Waals surface area contributed by atoms with E-state index in [0.29, 0.717) is 0 Å². The molecular weight excluding hydrogens is 283 g/mol. The van der Waals surface area contributed by atoms with Gasteiger partial charge in [-0.15, -0.1) is 0 Å². The molecule has 0 fully saturated rings. The quantitative estimate of drug-likeness (QED) is 0.650. The van der Waals surface area contributed by atoms with Gasteiger partial charge >= 0.3 is 0 Å². The minimum Gasteiger partial charge on any atom is -0.218 e. The zero-order valence-corrected chi connectivity index (χ0v) is 7.48. The van der Waals surface area contributed by atoms with E-state index in [9.17, 15) is 4.39 Å². The van der Waals surface area contributed by atoms with Gasteiger partial charge in [-0.3, -0.25) is 0 Å². The van der Waals surface area contributed by atoms with Crippen molar-refractivity contribution in [1.82, 2.24) is 0 Å². The first kappa shape index (κ1) is 7.37. The molecule has 0 aliphatic rings. The second-order valence-corrected chi connectivity index (χ2v) is 4.89. The molecule has 0 aliphatic heterocycles. The lowest BCUT2D eigenvalue weighted by molar-refractivity contribution is 0.469. The highest BCUT2D eigenvalue weighted by molar-refractivity contribution is 9.26. The molecule has 0 atom stereocenters. The highest BCUT2D eigenvalue weighted by atomic mass is 79.9. The first-order chi connectivity index (χ1) is 2.56. The second kappa shape index (κ2) is 2.62. The maximum Gasteiger partial charge on any atom is 0.228 e. The van der Waals surface area contributed by atoms with Gasteiger partial charge in [0.2, 0.25) is 3.49 Å². The average Bonchev–Trinajstić information content (AvgIpc) is 1.35. The third kappa shape index (κ3) is 5.37. The summed E-state index contributed by atoms with van der Waals surface area (Å²) in [6.07, 6.45) is 0. The van der Waals surface area contributed by atoms with E-state index in [1.807, 2.05) is 0 Å². The van der Waals surface area contributed by atoms with Gasteiger partial charge in [0, 0.05) is 0 Å². The molecule has 0 bridgehead atoms. The molecule has 0 radical (unpaired) electrons. The van der Waals surface area contributed by atoms with Crippen LogP contribution in [0.2, 0.25) is 0 Å². The van der Waals surface area contributed by atoms with E-state index in [-0.39, 0.29) is 5.33 Å². The van der Waals surface area contributed by atoms with Crippen molar-refractivity contribution in [1.29, 1.82) is 0 Å². The third-order valence-corrected chi connectivity index (χ3v) is 2.99. The topological polar surface area (TPSA) is 0 Å². The Morgan fingerprint density at radius 1 is 1.50 bits per heavy atom. The second-order valence-electron chi connectivity index (χ2n) is 0.749. The van der Waals surface area contributed by atoms with Gasteiger partial charge in [0.05, 0.1) is 5.33 Å². The number of halogens is 4. The zero-order valence-electron chi connectivity index (χ0n) is 2.72. The molecule has 0 saturated carbocycles. The van der Waals surface area contributed by atoms with Gasteiger partial charge in [-0.25, -0.2) is 4.39 Å². The number of alkyl halides is 4. The summed E-state index contributed by atoms with van der Waals surface area (Å²) in [5.74, 6) is 0. The van der Waals surface area contributed by atoms with E-state index in [1.165, 1.54) is 0 Å². The Morgan fingerprint density at radius 3 is 1.67 bits per heavy atom. The Balaban J connectivity index is 3.17. The van der Waals surface area contributed by atoms with Crippen LogP contribution in [0.25, 0.3) is 0 Å². The Morgan fingerprint density at radius 2 is 1.67 bits per heavy atom. The predicted molar refractivity (Wildman–Crippen MR) is 35.5 cm³/mol. The molecule has 0 unspecified atom stereocenters. The van der Waals surface area contributed by atoms with E-state index in [4.69, 9.17) is 0 Å². The Kier molecular flexibility index (Phi) is 3.22. The molecule has 0 aromatic heterocycles. The van der Waals surface area contributed by atoms with E-state index >= 15 is 0 Å². The van der Waals surface area contributed by atoms with Crippen molar-refractivity contribution in [2.45, 2.75) is 3.49 Å². The van der Waals surface area contributed by atoms with Crippen LogP contribution in [0.1, 0.15) is 0 Å². The minimum atomic E-state index is -1.42. The van der Waals surface area contributed by atoms with Crippen molar-refractivity contribution < 1.29 is 4.39 Å². The van der Waals surface area contributed by atoms with Crippen LogP contribution in [0.15, 0.2) is 0 Å². The summed E-state index contributed by atoms with van der Waals surface area (Å²) < 4.78 is 10.5. The van der Waals surface area contributed by atoms with Crippen molar-refractivity contribution in [2.24, 2.45) is 0 Å². The van der Waals surface area contributed by atoms with Gasteiger partial charge < -0.3 is 0 Å². The summed E-state index contributed by atoms with van der Waals surface area (Å²) in [7, 11) is 0. The molecule has 0 aromatic carbocycles. The lowest BCUT2D eigenvalue weighted by atomic mass is 10.9. The van der Waals surface area contributed by atoms with Gasteiger partial charge in [0.1, 0.15) is 0 Å². The third-order valence-electron chi connectivity index (χ3n) is 0.152. The monoisotopic (exact) mass is 282 g/mol. The molecule has 4 heteroatoms. The number of rotatable bonds is 1. The summed E-state index contributed by atoms with van der Waals surface area (Å²) >= 11 is 8.26. The first-order valence-electron chi connectivity index (χ1n) is 1.19. The molecule has 0 amide bonds. The van der Waals surface area contributed by atoms with Gasteiger partial charge in [-0.05, 0) is 31.9 Å². The minimum absolute atomic E-state index is 0.250. The molecule has 38 valence electrons. The average molecular weight is 285 g/mol. The van der Waals surface area contributed by atoms with E-state index in [0.717, 1.165) is 0 Å². The van der Waals surface area contributed by atoms with Crippen molar-refractivity contribution >= 4 is 47.8 Å². The smallest absolute Gasteiger partial charge is 0.218 e. The maximum atomic E-state index is 11.9. The summed E-state index contributed by atoms with van der Waals surface area (Å²) in [5, 5.41) is 0.250. The SMILES string of the molecule is FC(Br)(Br)CBr. The van der Waals surface area contributed by atoms with Crippen molar-refractivity contribution in [2.75, 3.05) is 5.33 Å². The lowest BCUT2D eigenvalue weighted by Gasteiger charge is -2.00. The molecule has 0 heterocycles. The van der Waals surface area contributed by atoms with Gasteiger partial charge in [0.25, 0.3) is 0 Å². The molecular formula is C2H2Br3F. The number of hydrogen-bond acceptors (Lipinski definition) is 0. The molecule has 0 spiro atoms. The maximum absolute atomic E-state index is 11.9. The fourth-order valence-electron chi connectivity index (χ4n) is 0. The van der Waals surface area contributed by atoms with E-state index in [2.05, 4.69) is 47.8 Å². The van der Waals surface area contributed by atoms with Crippen molar-refractivity contribution in [3.05, 3.63) is 0 Å². The molecule has 0 aromatic rings. The van der Waals surface area contributed by atoms with Crippen molar-refractivity contribution in [3.63, 3.8) is 0 Å². The summed E-state index contributed by atoms with van der Waals surface area (Å²) in [5.41, 5.74) is 0. The zero-order chi connectivity index (χ0) is 5.21. The van der Waals surface area contributed by atoms with Crippen molar-refractivity contribution in [3.8, 4) is 0 Å². The highest BCUT2D eigenvalue weighted by Gasteiger charge is 2.16. The van der Waals surface area contributed by atoms with Crippen LogP contribution >= 0.6 is 47.8 Å². The number of hydrogen-bond donors (Lipinski definition) is 0. The van der Waals surface area contributed by atoms with Crippen LogP contribution in [-0.4, -0.2) is 8.82 Å². The first-order valence-corrected chi connectivity index (χ1v) is 3.90. The largest absolute Gasteiger partial charge is 0.228 e. The fraction of sp³-hybridized carbons (Fsp3) is 1.00. The normalized spacial score (nSPS) is 12.0. The summed E-state index contributed by atoms with van der Waals surface area (Å²) in [4.78, 5) is 0. The van der Waals surface area contributed by atoms with Gasteiger partial charge in [-0.2, -0.15) is 0 Å². The predicted octanol–water partition coefficient (Wildman–Crippen LogP) is 2.79. The van der Waals surface area contributed by atoms with Gasteiger partial charge in [-0.1, -0.05) is 15.9 Å². The molecule has 0 rings (SSSR count). The standard InChI is InChI=1S/C2H2Br3F/c3-1-2(4,5)6/h1H2. The molecule has 0 saturated heterocycles. The summed E-state index contributed by atoms with van der Waals surface area (Å²) in [6, 6.07) is 0. The Bertz CT molecular complexity index is 38.5. The van der Waals surface area contributed by atoms with Crippen LogP contribution in [0.4, 0.5) is 4.39 Å². The lowest BCUT2D eigenvalue weighted by Crippen LogP contribution is -2.01. The molecule has 0 N–H and O–H groups in total. The summed E-state index contributed by atoms with van der Waals surface area (Å²) in [6.45, 7) is 0. The van der Waals surface area contributed by atoms with E-state index in [1.54, 1.807) is 0 Å². The fourth-order valence-corrected chi connectivity index (χ4v) is 0. The molecule has 0 nitrogen and oxygen atoms in total. The van der Waals surface area contributed by atoms with E-state index < -0.39 is 3.49 Å². The van der Waals surface area contributed by atoms with Crippen LogP contribution in [0.3, 0.4) is 0 Å². The van der Waals surface area contributed by atoms with Crippen LogP contribution in [-0.2, 0) is 0 Å². The Labute approximate surface area is 60.9 Å².